The van der Waals surface area contributed by atoms with Gasteiger partial charge in [0, 0.05) is 0 Å². The highest BCUT2D eigenvalue weighted by molar-refractivity contribution is 5.49. The van der Waals surface area contributed by atoms with E-state index in [1.807, 2.05) is 0 Å². The van der Waals surface area contributed by atoms with E-state index >= 15 is 0 Å². The number of benzene rings is 2. The summed E-state index contributed by atoms with van der Waals surface area (Å²) in [4.78, 5) is 11.7. The number of ether oxygens (including phenoxy) is 5. The molecule has 0 aliphatic heterocycles. The molecule has 2 aliphatic rings. The van der Waals surface area contributed by atoms with Crippen LogP contribution >= 0.6 is 0 Å². The number of nitrogens with zero attached hydrogens (tertiary/aromatic N) is 2. The van der Waals surface area contributed by atoms with E-state index in [1.54, 1.807) is 0 Å². The van der Waals surface area contributed by atoms with Crippen molar-refractivity contribution in [2.45, 2.75) is 99.8 Å². The summed E-state index contributed by atoms with van der Waals surface area (Å²) >= 11 is 0. The fraction of sp³-hybridized carbons (Fsp3) is 0.516. The van der Waals surface area contributed by atoms with Crippen molar-refractivity contribution in [3.63, 3.8) is 0 Å². The molecule has 1 N–H and O–H groups in total. The van der Waals surface area contributed by atoms with Crippen LogP contribution in [0.1, 0.15) is 62.5 Å². The molecule has 0 unspecified atom stereocenters. The lowest BCUT2D eigenvalue weighted by atomic mass is 9.56. The fourth-order valence-electron chi connectivity index (χ4n) is 6.72. The van der Waals surface area contributed by atoms with Crippen molar-refractivity contribution in [3.8, 4) is 35.1 Å². The van der Waals surface area contributed by atoms with Crippen molar-refractivity contribution in [1.29, 1.82) is 10.5 Å². The van der Waals surface area contributed by atoms with Crippen LogP contribution in [0.5, 0.6) is 23.0 Å². The summed E-state index contributed by atoms with van der Waals surface area (Å²) in [7, 11) is 0. The highest BCUT2D eigenvalue weighted by atomic mass is 19.3. The predicted molar refractivity (Wildman–Crippen MR) is 146 cm³/mol. The zero-order valence-corrected chi connectivity index (χ0v) is 24.8. The molecule has 0 spiro atoms. The number of carbonyl (C=O) groups is 1. The van der Waals surface area contributed by atoms with Gasteiger partial charge in [-0.15, -0.1) is 0 Å². The van der Waals surface area contributed by atoms with Crippen LogP contribution in [0.2, 0.25) is 0 Å². The Hall–Kier alpha value is -4.51. The van der Waals surface area contributed by atoms with E-state index in [4.69, 9.17) is 4.74 Å². The first kappa shape index (κ1) is 36.3. The van der Waals surface area contributed by atoms with Crippen molar-refractivity contribution in [3.05, 3.63) is 47.5 Å². The van der Waals surface area contributed by atoms with Crippen LogP contribution < -0.4 is 18.9 Å². The Bertz CT molecular complexity index is 1530. The molecule has 0 heterocycles. The molecule has 2 aromatic carbocycles. The molecule has 9 nitrogen and oxygen atoms in total. The summed E-state index contributed by atoms with van der Waals surface area (Å²) in [5.74, 6) is -2.82. The number of halogens is 8. The first-order valence-corrected chi connectivity index (χ1v) is 14.4. The third-order valence-corrected chi connectivity index (χ3v) is 9.25. The largest absolute Gasteiger partial charge is 0.458 e. The third kappa shape index (κ3) is 7.31. The summed E-state index contributed by atoms with van der Waals surface area (Å²) in [6, 6.07) is 10.6. The number of nitriles is 2. The lowest BCUT2D eigenvalue weighted by Crippen LogP contribution is -2.61. The molecule has 0 saturated heterocycles. The summed E-state index contributed by atoms with van der Waals surface area (Å²) in [5.41, 5.74) is -5.92. The SMILES string of the molecule is N#CC1(c2ccc(OC(F)F)c(OC(F)F)c2)CCC(O)(C2(OC=O)CCC(C#N)(c3ccc(OC(F)F)c(OC(F)F)c3)CC2)CC1. The molecule has 260 valence electrons. The van der Waals surface area contributed by atoms with E-state index in [-0.39, 0.29) is 69.0 Å². The van der Waals surface area contributed by atoms with Gasteiger partial charge in [-0.1, -0.05) is 12.1 Å². The zero-order valence-electron chi connectivity index (χ0n) is 24.8. The molecule has 0 amide bonds. The number of rotatable bonds is 13. The Kier molecular flexibility index (Phi) is 10.8. The van der Waals surface area contributed by atoms with Crippen molar-refractivity contribution in [1.82, 2.24) is 0 Å². The molecular weight excluding hydrogens is 664 g/mol. The van der Waals surface area contributed by atoms with E-state index in [1.165, 1.54) is 12.1 Å². The topological polar surface area (TPSA) is 131 Å². The van der Waals surface area contributed by atoms with Crippen LogP contribution in [0, 0.1) is 22.7 Å². The second-order valence-corrected chi connectivity index (χ2v) is 11.5. The highest BCUT2D eigenvalue weighted by Crippen LogP contribution is 2.55. The first-order valence-electron chi connectivity index (χ1n) is 14.4. The molecule has 0 atom stereocenters. The van der Waals surface area contributed by atoms with E-state index in [9.17, 15) is 55.5 Å². The van der Waals surface area contributed by atoms with Crippen molar-refractivity contribution in [2.75, 3.05) is 0 Å². The van der Waals surface area contributed by atoms with Crippen LogP contribution in [-0.4, -0.2) is 49.2 Å². The summed E-state index contributed by atoms with van der Waals surface area (Å²) in [6.07, 6.45) is -0.963. The summed E-state index contributed by atoms with van der Waals surface area (Å²) < 4.78 is 126. The van der Waals surface area contributed by atoms with Crippen LogP contribution in [0.3, 0.4) is 0 Å². The maximum absolute atomic E-state index is 13.0. The van der Waals surface area contributed by atoms with Gasteiger partial charge in [0.15, 0.2) is 23.0 Å². The lowest BCUT2D eigenvalue weighted by molar-refractivity contribution is -0.209. The van der Waals surface area contributed by atoms with Gasteiger partial charge in [0.1, 0.15) is 11.2 Å². The molecule has 17 heteroatoms. The van der Waals surface area contributed by atoms with Gasteiger partial charge in [-0.25, -0.2) is 0 Å². The maximum Gasteiger partial charge on any atom is 0.387 e. The van der Waals surface area contributed by atoms with E-state index < -0.39 is 71.5 Å². The van der Waals surface area contributed by atoms with Crippen molar-refractivity contribution >= 4 is 6.47 Å². The number of hydrogen-bond donors (Lipinski definition) is 1. The number of aliphatic hydroxyl groups is 1. The van der Waals surface area contributed by atoms with E-state index in [0.717, 1.165) is 24.3 Å². The molecule has 2 aromatic rings. The second-order valence-electron chi connectivity index (χ2n) is 11.5. The van der Waals surface area contributed by atoms with Gasteiger partial charge in [0.05, 0.1) is 23.0 Å². The fourth-order valence-corrected chi connectivity index (χ4v) is 6.72. The molecule has 2 fully saturated rings. The molecule has 2 aliphatic carbocycles. The zero-order chi connectivity index (χ0) is 35.3. The van der Waals surface area contributed by atoms with Gasteiger partial charge in [0.25, 0.3) is 6.47 Å². The normalized spacial score (nSPS) is 27.3. The predicted octanol–water partition coefficient (Wildman–Crippen LogP) is 7.11. The summed E-state index contributed by atoms with van der Waals surface area (Å²) in [5, 5.41) is 32.4. The third-order valence-electron chi connectivity index (χ3n) is 9.25. The highest BCUT2D eigenvalue weighted by Gasteiger charge is 2.59. The molecular formula is C31H28F8N2O7. The number of alkyl halides is 8. The standard InChI is InChI=1S/C31H28F8N2O7/c32-24(33)45-20-3-1-18(13-22(20)47-26(36)37)28(15-40)5-9-30(43,10-6-28)31(44-17-42)11-7-29(16-41,8-12-31)19-2-4-21(46-25(34)35)23(14-19)48-27(38)39/h1-4,13-14,17,24-27,43H,5-12H2. The second kappa shape index (κ2) is 14.3. The Balaban J connectivity index is 1.60. The minimum absolute atomic E-state index is 0.0911. The van der Waals surface area contributed by atoms with Gasteiger partial charge in [-0.2, -0.15) is 45.6 Å². The minimum Gasteiger partial charge on any atom is -0.458 e. The Morgan fingerprint density at radius 1 is 0.604 bits per heavy atom. The summed E-state index contributed by atoms with van der Waals surface area (Å²) in [6.45, 7) is -13.4. The Labute approximate surface area is 268 Å². The minimum atomic E-state index is -3.40. The monoisotopic (exact) mass is 692 g/mol. The van der Waals surface area contributed by atoms with Crippen LogP contribution in [0.4, 0.5) is 35.1 Å². The average molecular weight is 693 g/mol. The Morgan fingerprint density at radius 2 is 0.958 bits per heavy atom. The van der Waals surface area contributed by atoms with Gasteiger partial charge in [-0.05, 0) is 86.8 Å². The molecule has 48 heavy (non-hydrogen) atoms. The maximum atomic E-state index is 13.0. The average Bonchev–Trinajstić information content (AvgIpc) is 3.03. The first-order chi connectivity index (χ1) is 22.7. The molecule has 0 bridgehead atoms. The van der Waals surface area contributed by atoms with Gasteiger partial charge in [-0.3, -0.25) is 4.79 Å². The quantitative estimate of drug-likeness (QED) is 0.172. The lowest BCUT2D eigenvalue weighted by Gasteiger charge is -2.54. The van der Waals surface area contributed by atoms with Crippen LogP contribution in [0.15, 0.2) is 36.4 Å². The van der Waals surface area contributed by atoms with Crippen molar-refractivity contribution < 1.29 is 68.7 Å². The van der Waals surface area contributed by atoms with Crippen LogP contribution in [-0.2, 0) is 20.4 Å². The molecule has 4 rings (SSSR count). The molecule has 0 aromatic heterocycles. The van der Waals surface area contributed by atoms with E-state index in [2.05, 4.69) is 31.1 Å². The molecule has 0 radical (unpaired) electrons. The van der Waals surface area contributed by atoms with E-state index in [0.29, 0.717) is 0 Å². The molecule has 2 saturated carbocycles. The number of carbonyl (C=O) groups excluding carboxylic acids is 1. The van der Waals surface area contributed by atoms with Gasteiger partial charge >= 0.3 is 26.4 Å². The van der Waals surface area contributed by atoms with Crippen LogP contribution in [0.25, 0.3) is 0 Å². The number of hydrogen-bond acceptors (Lipinski definition) is 9. The Morgan fingerprint density at radius 3 is 1.29 bits per heavy atom. The van der Waals surface area contributed by atoms with Crippen molar-refractivity contribution in [2.24, 2.45) is 0 Å². The van der Waals surface area contributed by atoms with Gasteiger partial charge < -0.3 is 28.8 Å². The smallest absolute Gasteiger partial charge is 0.387 e. The van der Waals surface area contributed by atoms with Gasteiger partial charge in [0.2, 0.25) is 0 Å².